The number of benzene rings is 1. The zero-order valence-corrected chi connectivity index (χ0v) is 10.6. The second-order valence-corrected chi connectivity index (χ2v) is 5.43. The van der Waals surface area contributed by atoms with Gasteiger partial charge in [-0.2, -0.15) is 0 Å². The molecule has 0 aliphatic heterocycles. The first-order valence-electron chi connectivity index (χ1n) is 5.75. The Hall–Kier alpha value is -0.270. The molecule has 1 aromatic carbocycles. The number of halogens is 3. The third kappa shape index (κ3) is 3.11. The van der Waals surface area contributed by atoms with Gasteiger partial charge in [-0.1, -0.05) is 23.7 Å². The summed E-state index contributed by atoms with van der Waals surface area (Å²) in [7, 11) is 0. The molecule has 2 rings (SSSR count). The van der Waals surface area contributed by atoms with E-state index >= 15 is 0 Å². The molecule has 3 heteroatoms. The summed E-state index contributed by atoms with van der Waals surface area (Å²) in [6, 6.07) is 5.16. The molecule has 1 fully saturated rings. The molecular formula is C13H15Cl2F. The summed E-state index contributed by atoms with van der Waals surface area (Å²) >= 11 is 11.9. The number of aryl methyl sites for hydroxylation is 1. The third-order valence-corrected chi connectivity index (χ3v) is 3.96. The number of rotatable bonds is 5. The van der Waals surface area contributed by atoms with Crippen molar-refractivity contribution in [3.05, 3.63) is 34.6 Å². The summed E-state index contributed by atoms with van der Waals surface area (Å²) < 4.78 is 13.5. The highest BCUT2D eigenvalue weighted by Gasteiger charge is 2.28. The predicted octanol–water partition coefficient (Wildman–Crippen LogP) is 4.82. The highest BCUT2D eigenvalue weighted by molar-refractivity contribution is 6.30. The lowest BCUT2D eigenvalue weighted by molar-refractivity contribution is 0.589. The third-order valence-electron chi connectivity index (χ3n) is 3.09. The van der Waals surface area contributed by atoms with Crippen LogP contribution in [0.1, 0.15) is 31.2 Å². The monoisotopic (exact) mass is 260 g/mol. The van der Waals surface area contributed by atoms with Crippen molar-refractivity contribution in [1.82, 2.24) is 0 Å². The average Bonchev–Trinajstić information content (AvgIpc) is 3.07. The normalized spacial score (nSPS) is 17.4. The van der Waals surface area contributed by atoms with E-state index in [1.54, 1.807) is 18.2 Å². The van der Waals surface area contributed by atoms with Gasteiger partial charge in [0.2, 0.25) is 0 Å². The van der Waals surface area contributed by atoms with E-state index < -0.39 is 0 Å². The number of hydrogen-bond donors (Lipinski definition) is 0. The molecule has 0 N–H and O–H groups in total. The van der Waals surface area contributed by atoms with Crippen LogP contribution in [-0.2, 0) is 6.42 Å². The van der Waals surface area contributed by atoms with Crippen molar-refractivity contribution < 1.29 is 4.39 Å². The molecule has 1 aliphatic carbocycles. The smallest absolute Gasteiger partial charge is 0.144 e. The van der Waals surface area contributed by atoms with Gasteiger partial charge in [0.05, 0.1) is 5.02 Å². The largest absolute Gasteiger partial charge is 0.205 e. The molecule has 1 atom stereocenters. The minimum Gasteiger partial charge on any atom is -0.205 e. The molecule has 1 unspecified atom stereocenters. The van der Waals surface area contributed by atoms with Crippen molar-refractivity contribution in [1.29, 1.82) is 0 Å². The Labute approximate surface area is 106 Å². The van der Waals surface area contributed by atoms with Crippen LogP contribution in [0.4, 0.5) is 4.39 Å². The maximum atomic E-state index is 13.5. The Morgan fingerprint density at radius 3 is 2.81 bits per heavy atom. The molecule has 0 aromatic heterocycles. The Morgan fingerprint density at radius 2 is 2.12 bits per heavy atom. The van der Waals surface area contributed by atoms with Gasteiger partial charge >= 0.3 is 0 Å². The van der Waals surface area contributed by atoms with Crippen molar-refractivity contribution in [2.24, 2.45) is 5.92 Å². The van der Waals surface area contributed by atoms with E-state index in [1.807, 2.05) is 0 Å². The van der Waals surface area contributed by atoms with Gasteiger partial charge in [0.15, 0.2) is 0 Å². The van der Waals surface area contributed by atoms with Crippen molar-refractivity contribution >= 4 is 23.2 Å². The van der Waals surface area contributed by atoms with E-state index in [4.69, 9.17) is 23.2 Å². The van der Waals surface area contributed by atoms with Crippen LogP contribution in [-0.4, -0.2) is 5.38 Å². The van der Waals surface area contributed by atoms with Gasteiger partial charge in [-0.3, -0.25) is 0 Å². The molecule has 0 heterocycles. The van der Waals surface area contributed by atoms with E-state index in [0.717, 1.165) is 19.3 Å². The highest BCUT2D eigenvalue weighted by atomic mass is 35.5. The fourth-order valence-electron chi connectivity index (χ4n) is 1.92. The molecule has 0 amide bonds. The Morgan fingerprint density at radius 1 is 1.38 bits per heavy atom. The van der Waals surface area contributed by atoms with Crippen molar-refractivity contribution in [2.75, 3.05) is 0 Å². The molecule has 1 aliphatic rings. The molecule has 16 heavy (non-hydrogen) atoms. The van der Waals surface area contributed by atoms with Crippen LogP contribution in [0, 0.1) is 11.7 Å². The van der Waals surface area contributed by atoms with Crippen molar-refractivity contribution in [2.45, 2.75) is 37.5 Å². The van der Waals surface area contributed by atoms with Crippen LogP contribution in [0.25, 0.3) is 0 Å². The lowest BCUT2D eigenvalue weighted by atomic mass is 10.0. The Balaban J connectivity index is 1.82. The van der Waals surface area contributed by atoms with Gasteiger partial charge in [-0.15, -0.1) is 11.6 Å². The van der Waals surface area contributed by atoms with Crippen molar-refractivity contribution in [3.8, 4) is 0 Å². The molecule has 0 spiro atoms. The molecular weight excluding hydrogens is 246 g/mol. The fourth-order valence-corrected chi connectivity index (χ4v) is 2.52. The van der Waals surface area contributed by atoms with Gasteiger partial charge in [-0.25, -0.2) is 4.39 Å². The Bertz CT molecular complexity index is 361. The van der Waals surface area contributed by atoms with Gasteiger partial charge < -0.3 is 0 Å². The van der Waals surface area contributed by atoms with Crippen LogP contribution in [0.15, 0.2) is 18.2 Å². The standard InChI is InChI=1S/C13H15Cl2F/c14-11(9-7-8-9)5-1-3-10-4-2-6-12(15)13(10)16/h2,4,6,9,11H,1,3,5,7-8H2. The van der Waals surface area contributed by atoms with Crippen LogP contribution in [0.3, 0.4) is 0 Å². The van der Waals surface area contributed by atoms with E-state index in [-0.39, 0.29) is 16.2 Å². The van der Waals surface area contributed by atoms with Crippen LogP contribution in [0.2, 0.25) is 5.02 Å². The lowest BCUT2D eigenvalue weighted by Gasteiger charge is -2.08. The molecule has 1 aromatic rings. The van der Waals surface area contributed by atoms with Gasteiger partial charge in [0, 0.05) is 5.38 Å². The Kier molecular flexibility index (Phi) is 4.10. The minimum absolute atomic E-state index is 0.210. The van der Waals surface area contributed by atoms with E-state index in [9.17, 15) is 4.39 Å². The lowest BCUT2D eigenvalue weighted by Crippen LogP contribution is -2.02. The number of alkyl halides is 1. The second-order valence-electron chi connectivity index (χ2n) is 4.46. The maximum absolute atomic E-state index is 13.5. The van der Waals surface area contributed by atoms with Gasteiger partial charge in [0.25, 0.3) is 0 Å². The molecule has 88 valence electrons. The summed E-state index contributed by atoms with van der Waals surface area (Å²) in [4.78, 5) is 0. The zero-order valence-electron chi connectivity index (χ0n) is 9.06. The predicted molar refractivity (Wildman–Crippen MR) is 66.7 cm³/mol. The molecule has 1 saturated carbocycles. The molecule has 0 bridgehead atoms. The number of hydrogen-bond acceptors (Lipinski definition) is 0. The maximum Gasteiger partial charge on any atom is 0.144 e. The second kappa shape index (κ2) is 5.37. The van der Waals surface area contributed by atoms with Crippen molar-refractivity contribution in [3.63, 3.8) is 0 Å². The summed E-state index contributed by atoms with van der Waals surface area (Å²) in [5.41, 5.74) is 0.701. The topological polar surface area (TPSA) is 0 Å². The summed E-state index contributed by atoms with van der Waals surface area (Å²) in [5, 5.41) is 0.490. The quantitative estimate of drug-likeness (QED) is 0.666. The first-order valence-corrected chi connectivity index (χ1v) is 6.57. The van der Waals surface area contributed by atoms with E-state index in [1.165, 1.54) is 12.8 Å². The summed E-state index contributed by atoms with van der Waals surface area (Å²) in [5.74, 6) is 0.438. The summed E-state index contributed by atoms with van der Waals surface area (Å²) in [6.45, 7) is 0. The average molecular weight is 261 g/mol. The summed E-state index contributed by atoms with van der Waals surface area (Å²) in [6.07, 6.45) is 5.15. The van der Waals surface area contributed by atoms with E-state index in [2.05, 4.69) is 0 Å². The van der Waals surface area contributed by atoms with Gasteiger partial charge in [-0.05, 0) is 49.7 Å². The van der Waals surface area contributed by atoms with E-state index in [0.29, 0.717) is 11.5 Å². The van der Waals surface area contributed by atoms with Crippen LogP contribution >= 0.6 is 23.2 Å². The fraction of sp³-hybridized carbons (Fsp3) is 0.538. The van der Waals surface area contributed by atoms with Gasteiger partial charge in [0.1, 0.15) is 5.82 Å². The molecule has 0 nitrogen and oxygen atoms in total. The highest BCUT2D eigenvalue weighted by Crippen LogP contribution is 2.37. The van der Waals surface area contributed by atoms with Crippen LogP contribution < -0.4 is 0 Å². The first kappa shape index (κ1) is 12.2. The first-order chi connectivity index (χ1) is 7.68. The zero-order chi connectivity index (χ0) is 11.5. The SMILES string of the molecule is Fc1c(Cl)cccc1CCCC(Cl)C1CC1. The molecule has 0 saturated heterocycles. The minimum atomic E-state index is -0.276. The van der Waals surface area contributed by atoms with Crippen LogP contribution in [0.5, 0.6) is 0 Å². The molecule has 0 radical (unpaired) electrons.